The molecule has 0 saturated carbocycles. The number of aryl methyl sites for hydroxylation is 1. The smallest absolute Gasteiger partial charge is 0.411 e. The maximum Gasteiger partial charge on any atom is 0.411 e. The summed E-state index contributed by atoms with van der Waals surface area (Å²) in [6.07, 6.45) is -4.43. The lowest BCUT2D eigenvalue weighted by atomic mass is 10.4. The van der Waals surface area contributed by atoms with Gasteiger partial charge in [-0.25, -0.2) is 9.78 Å². The SMILES string of the molecule is Cc1nc(COCC(F)(F)F)oc1C(=O)O. The number of hydrogen-bond donors (Lipinski definition) is 1. The second-order valence-corrected chi connectivity index (χ2v) is 2.94. The molecule has 0 bridgehead atoms. The van der Waals surface area contributed by atoms with Gasteiger partial charge < -0.3 is 14.3 Å². The van der Waals surface area contributed by atoms with Gasteiger partial charge in [0.2, 0.25) is 11.7 Å². The Morgan fingerprint density at radius 1 is 1.56 bits per heavy atom. The fourth-order valence-corrected chi connectivity index (χ4v) is 0.967. The zero-order chi connectivity index (χ0) is 12.3. The number of ether oxygens (including phenoxy) is 1. The summed E-state index contributed by atoms with van der Waals surface area (Å²) in [6.45, 7) is -0.579. The number of alkyl halides is 3. The van der Waals surface area contributed by atoms with E-state index in [2.05, 4.69) is 14.1 Å². The number of aromatic carboxylic acids is 1. The van der Waals surface area contributed by atoms with Crippen LogP contribution in [-0.2, 0) is 11.3 Å². The van der Waals surface area contributed by atoms with Gasteiger partial charge in [0.05, 0.1) is 5.69 Å². The number of rotatable bonds is 4. The van der Waals surface area contributed by atoms with Crippen molar-refractivity contribution >= 4 is 5.97 Å². The molecule has 0 amide bonds. The number of carboxylic acid groups (broad SMARTS) is 1. The van der Waals surface area contributed by atoms with Crippen LogP contribution in [0.1, 0.15) is 22.1 Å². The first kappa shape index (κ1) is 12.5. The minimum atomic E-state index is -4.43. The van der Waals surface area contributed by atoms with Gasteiger partial charge in [-0.05, 0) is 6.92 Å². The van der Waals surface area contributed by atoms with Crippen molar-refractivity contribution in [3.8, 4) is 0 Å². The molecular weight excluding hydrogens is 231 g/mol. The van der Waals surface area contributed by atoms with Crippen molar-refractivity contribution < 1.29 is 32.2 Å². The molecule has 16 heavy (non-hydrogen) atoms. The van der Waals surface area contributed by atoms with Gasteiger partial charge in [0.1, 0.15) is 13.2 Å². The summed E-state index contributed by atoms with van der Waals surface area (Å²) >= 11 is 0. The van der Waals surface area contributed by atoms with Gasteiger partial charge in [-0.15, -0.1) is 0 Å². The average Bonchev–Trinajstić information content (AvgIpc) is 2.44. The quantitative estimate of drug-likeness (QED) is 0.866. The van der Waals surface area contributed by atoms with Crippen LogP contribution in [-0.4, -0.2) is 28.8 Å². The highest BCUT2D eigenvalue weighted by Gasteiger charge is 2.28. The van der Waals surface area contributed by atoms with E-state index in [4.69, 9.17) is 5.11 Å². The van der Waals surface area contributed by atoms with Crippen molar-refractivity contribution in [3.63, 3.8) is 0 Å². The number of aromatic nitrogens is 1. The zero-order valence-electron chi connectivity index (χ0n) is 8.17. The van der Waals surface area contributed by atoms with E-state index in [0.717, 1.165) is 0 Å². The maximum absolute atomic E-state index is 11.7. The predicted octanol–water partition coefficient (Wildman–Crippen LogP) is 1.76. The highest BCUT2D eigenvalue weighted by Crippen LogP contribution is 2.16. The topological polar surface area (TPSA) is 72.6 Å². The molecule has 0 unspecified atom stereocenters. The number of hydrogen-bond acceptors (Lipinski definition) is 4. The number of carboxylic acids is 1. The van der Waals surface area contributed by atoms with E-state index in [9.17, 15) is 18.0 Å². The van der Waals surface area contributed by atoms with Gasteiger partial charge in [-0.2, -0.15) is 13.2 Å². The molecule has 0 atom stereocenters. The summed E-state index contributed by atoms with van der Waals surface area (Å²) in [5, 5.41) is 8.58. The Bertz CT molecular complexity index is 385. The second kappa shape index (κ2) is 4.52. The van der Waals surface area contributed by atoms with Crippen molar-refractivity contribution in [2.45, 2.75) is 19.7 Å². The molecule has 0 radical (unpaired) electrons. The average molecular weight is 239 g/mol. The van der Waals surface area contributed by atoms with E-state index in [-0.39, 0.29) is 11.6 Å². The molecule has 1 aromatic rings. The Labute approximate surface area is 87.8 Å². The van der Waals surface area contributed by atoms with Crippen LogP contribution in [0.15, 0.2) is 4.42 Å². The normalized spacial score (nSPS) is 11.8. The minimum absolute atomic E-state index is 0.0955. The van der Waals surface area contributed by atoms with E-state index >= 15 is 0 Å². The summed E-state index contributed by atoms with van der Waals surface area (Å²) in [7, 11) is 0. The maximum atomic E-state index is 11.7. The van der Waals surface area contributed by atoms with Gasteiger partial charge >= 0.3 is 12.1 Å². The molecule has 8 heteroatoms. The Morgan fingerprint density at radius 2 is 2.19 bits per heavy atom. The summed E-state index contributed by atoms with van der Waals surface area (Å²) in [5.74, 6) is -1.92. The largest absolute Gasteiger partial charge is 0.475 e. The van der Waals surface area contributed by atoms with Crippen LogP contribution in [0.2, 0.25) is 0 Å². The number of carbonyl (C=O) groups is 1. The Hall–Kier alpha value is -1.57. The standard InChI is InChI=1S/C8H8F3NO4/c1-4-6(7(13)14)16-5(12-4)2-15-3-8(9,10)11/h2-3H2,1H3,(H,13,14). The third kappa shape index (κ3) is 3.54. The molecule has 1 N–H and O–H groups in total. The molecule has 0 aliphatic rings. The molecular formula is C8H8F3NO4. The molecule has 1 rings (SSSR count). The molecule has 1 heterocycles. The van der Waals surface area contributed by atoms with E-state index in [1.165, 1.54) is 6.92 Å². The lowest BCUT2D eigenvalue weighted by Gasteiger charge is -2.04. The van der Waals surface area contributed by atoms with Crippen LogP contribution in [0.5, 0.6) is 0 Å². The van der Waals surface area contributed by atoms with Crippen LogP contribution in [0, 0.1) is 6.92 Å². The number of nitrogens with zero attached hydrogens (tertiary/aromatic N) is 1. The highest BCUT2D eigenvalue weighted by atomic mass is 19.4. The van der Waals surface area contributed by atoms with Crippen molar-refractivity contribution in [2.24, 2.45) is 0 Å². The van der Waals surface area contributed by atoms with E-state index in [0.29, 0.717) is 0 Å². The molecule has 0 saturated heterocycles. The molecule has 0 aliphatic heterocycles. The molecule has 90 valence electrons. The molecule has 0 aromatic carbocycles. The Balaban J connectivity index is 2.56. The second-order valence-electron chi connectivity index (χ2n) is 2.94. The van der Waals surface area contributed by atoms with Crippen molar-refractivity contribution in [3.05, 3.63) is 17.3 Å². The first-order chi connectivity index (χ1) is 7.29. The van der Waals surface area contributed by atoms with Gasteiger partial charge in [0.15, 0.2) is 0 Å². The third-order valence-corrected chi connectivity index (χ3v) is 1.53. The van der Waals surface area contributed by atoms with Gasteiger partial charge in [0.25, 0.3) is 0 Å². The van der Waals surface area contributed by atoms with Gasteiger partial charge in [0, 0.05) is 0 Å². The highest BCUT2D eigenvalue weighted by molar-refractivity contribution is 5.85. The molecule has 1 aromatic heterocycles. The third-order valence-electron chi connectivity index (χ3n) is 1.53. The van der Waals surface area contributed by atoms with Crippen LogP contribution in [0.4, 0.5) is 13.2 Å². The van der Waals surface area contributed by atoms with Crippen LogP contribution in [0.25, 0.3) is 0 Å². The van der Waals surface area contributed by atoms with Crippen molar-refractivity contribution in [1.29, 1.82) is 0 Å². The summed E-state index contributed by atoms with van der Waals surface area (Å²) in [5.41, 5.74) is 0.0955. The van der Waals surface area contributed by atoms with Crippen molar-refractivity contribution in [1.82, 2.24) is 4.98 Å². The first-order valence-corrected chi connectivity index (χ1v) is 4.13. The Morgan fingerprint density at radius 3 is 2.62 bits per heavy atom. The van der Waals surface area contributed by atoms with Gasteiger partial charge in [-0.3, -0.25) is 0 Å². The van der Waals surface area contributed by atoms with Gasteiger partial charge in [-0.1, -0.05) is 0 Å². The molecule has 0 fully saturated rings. The monoisotopic (exact) mass is 239 g/mol. The first-order valence-electron chi connectivity index (χ1n) is 4.13. The van der Waals surface area contributed by atoms with E-state index in [1.54, 1.807) is 0 Å². The molecule has 0 spiro atoms. The lowest BCUT2D eigenvalue weighted by molar-refractivity contribution is -0.177. The zero-order valence-corrected chi connectivity index (χ0v) is 8.17. The summed E-state index contributed by atoms with van der Waals surface area (Å²) < 4.78 is 44.0. The molecule has 5 nitrogen and oxygen atoms in total. The Kier molecular flexibility index (Phi) is 3.53. The van der Waals surface area contributed by atoms with E-state index < -0.39 is 31.1 Å². The van der Waals surface area contributed by atoms with Crippen LogP contribution < -0.4 is 0 Å². The minimum Gasteiger partial charge on any atom is -0.475 e. The number of halogens is 3. The van der Waals surface area contributed by atoms with Crippen LogP contribution in [0.3, 0.4) is 0 Å². The van der Waals surface area contributed by atoms with E-state index in [1.807, 2.05) is 0 Å². The fourth-order valence-electron chi connectivity index (χ4n) is 0.967. The number of oxazole rings is 1. The fraction of sp³-hybridized carbons (Fsp3) is 0.500. The van der Waals surface area contributed by atoms with Crippen LogP contribution >= 0.6 is 0 Å². The lowest BCUT2D eigenvalue weighted by Crippen LogP contribution is -2.16. The predicted molar refractivity (Wildman–Crippen MR) is 43.9 cm³/mol. The van der Waals surface area contributed by atoms with Crippen molar-refractivity contribution in [2.75, 3.05) is 6.61 Å². The summed E-state index contributed by atoms with van der Waals surface area (Å²) in [6, 6.07) is 0. The molecule has 0 aliphatic carbocycles. The summed E-state index contributed by atoms with van der Waals surface area (Å²) in [4.78, 5) is 14.1.